The second kappa shape index (κ2) is 9.44. The summed E-state index contributed by atoms with van der Waals surface area (Å²) in [4.78, 5) is 37.4. The monoisotopic (exact) mass is 433 g/mol. The number of nitrogens with one attached hydrogen (secondary N) is 1. The van der Waals surface area contributed by atoms with E-state index in [4.69, 9.17) is 9.47 Å². The summed E-state index contributed by atoms with van der Waals surface area (Å²) in [5.41, 5.74) is 0.638. The van der Waals surface area contributed by atoms with E-state index in [9.17, 15) is 18.8 Å². The molecule has 3 aromatic rings. The van der Waals surface area contributed by atoms with Crippen molar-refractivity contribution in [3.63, 3.8) is 0 Å². The fraction of sp³-hybridized carbons (Fsp3) is 0.150. The third-order valence-electron chi connectivity index (χ3n) is 3.74. The SMILES string of the molecule is CCOC(=O)c1c(-c2cccs2)csc1NC(=O)COC(=O)c1ccccc1F. The molecule has 0 bridgehead atoms. The Morgan fingerprint density at radius 2 is 1.83 bits per heavy atom. The summed E-state index contributed by atoms with van der Waals surface area (Å²) in [6, 6.07) is 9.03. The highest BCUT2D eigenvalue weighted by Crippen LogP contribution is 2.38. The Kier molecular flexibility index (Phi) is 6.73. The first-order valence-corrected chi connectivity index (χ1v) is 10.3. The van der Waals surface area contributed by atoms with Crippen LogP contribution in [0.5, 0.6) is 0 Å². The van der Waals surface area contributed by atoms with Crippen LogP contribution in [0.15, 0.2) is 47.2 Å². The van der Waals surface area contributed by atoms with Gasteiger partial charge in [-0.1, -0.05) is 18.2 Å². The van der Waals surface area contributed by atoms with E-state index in [1.807, 2.05) is 17.5 Å². The largest absolute Gasteiger partial charge is 0.462 e. The van der Waals surface area contributed by atoms with Gasteiger partial charge in [0.25, 0.3) is 5.91 Å². The van der Waals surface area contributed by atoms with E-state index in [2.05, 4.69) is 5.32 Å². The molecule has 0 atom stereocenters. The number of ether oxygens (including phenoxy) is 2. The van der Waals surface area contributed by atoms with Gasteiger partial charge in [-0.3, -0.25) is 4.79 Å². The molecular formula is C20H16FNO5S2. The molecule has 0 aliphatic heterocycles. The van der Waals surface area contributed by atoms with Crippen molar-refractivity contribution in [2.45, 2.75) is 6.92 Å². The molecule has 6 nitrogen and oxygen atoms in total. The quantitative estimate of drug-likeness (QED) is 0.551. The molecule has 1 amide bonds. The number of carbonyl (C=O) groups excluding carboxylic acids is 3. The van der Waals surface area contributed by atoms with Gasteiger partial charge in [0.2, 0.25) is 0 Å². The number of esters is 2. The van der Waals surface area contributed by atoms with Gasteiger partial charge in [0.05, 0.1) is 12.2 Å². The number of halogens is 1. The fourth-order valence-corrected chi connectivity index (χ4v) is 4.26. The molecule has 0 aliphatic rings. The number of carbonyl (C=O) groups is 3. The van der Waals surface area contributed by atoms with E-state index in [0.717, 1.165) is 22.3 Å². The van der Waals surface area contributed by atoms with Crippen LogP contribution >= 0.6 is 22.7 Å². The van der Waals surface area contributed by atoms with Crippen molar-refractivity contribution in [2.24, 2.45) is 0 Å². The minimum Gasteiger partial charge on any atom is -0.462 e. The number of thiophene rings is 2. The Bertz CT molecular complexity index is 1030. The van der Waals surface area contributed by atoms with Crippen LogP contribution in [-0.4, -0.2) is 31.1 Å². The molecular weight excluding hydrogens is 417 g/mol. The molecule has 0 spiro atoms. The zero-order valence-corrected chi connectivity index (χ0v) is 16.9. The van der Waals surface area contributed by atoms with Gasteiger partial charge in [-0.15, -0.1) is 22.7 Å². The number of rotatable bonds is 7. The molecule has 2 aromatic heterocycles. The van der Waals surface area contributed by atoms with Crippen LogP contribution < -0.4 is 5.32 Å². The lowest BCUT2D eigenvalue weighted by atomic mass is 10.1. The maximum Gasteiger partial charge on any atom is 0.341 e. The van der Waals surface area contributed by atoms with Gasteiger partial charge >= 0.3 is 11.9 Å². The Balaban J connectivity index is 1.72. The van der Waals surface area contributed by atoms with Crippen molar-refractivity contribution in [2.75, 3.05) is 18.5 Å². The lowest BCUT2D eigenvalue weighted by molar-refractivity contribution is -0.119. The third-order valence-corrected chi connectivity index (χ3v) is 5.54. The lowest BCUT2D eigenvalue weighted by Crippen LogP contribution is -2.22. The van der Waals surface area contributed by atoms with Gasteiger partial charge in [-0.05, 0) is 30.5 Å². The van der Waals surface area contributed by atoms with Gasteiger partial charge in [0.15, 0.2) is 6.61 Å². The summed E-state index contributed by atoms with van der Waals surface area (Å²) in [6.45, 7) is 1.25. The molecule has 0 unspecified atom stereocenters. The lowest BCUT2D eigenvalue weighted by Gasteiger charge is -2.09. The smallest absolute Gasteiger partial charge is 0.341 e. The van der Waals surface area contributed by atoms with Crippen molar-refractivity contribution in [3.8, 4) is 10.4 Å². The van der Waals surface area contributed by atoms with Gasteiger partial charge in [0, 0.05) is 15.8 Å². The van der Waals surface area contributed by atoms with Crippen LogP contribution in [0.1, 0.15) is 27.6 Å². The minimum atomic E-state index is -0.950. The number of amides is 1. The third kappa shape index (κ3) is 4.87. The Morgan fingerprint density at radius 3 is 2.52 bits per heavy atom. The predicted molar refractivity (Wildman–Crippen MR) is 109 cm³/mol. The summed E-state index contributed by atoms with van der Waals surface area (Å²) in [6.07, 6.45) is 0. The van der Waals surface area contributed by atoms with Crippen LogP contribution in [-0.2, 0) is 14.3 Å². The van der Waals surface area contributed by atoms with Crippen LogP contribution in [0.2, 0.25) is 0 Å². The summed E-state index contributed by atoms with van der Waals surface area (Å²) in [5.74, 6) is -2.90. The topological polar surface area (TPSA) is 81.7 Å². The average molecular weight is 433 g/mol. The molecule has 3 rings (SSSR count). The van der Waals surface area contributed by atoms with E-state index in [-0.39, 0.29) is 17.7 Å². The first-order chi connectivity index (χ1) is 14.0. The minimum absolute atomic E-state index is 0.187. The first-order valence-electron chi connectivity index (χ1n) is 8.55. The van der Waals surface area contributed by atoms with Crippen LogP contribution in [0.25, 0.3) is 10.4 Å². The van der Waals surface area contributed by atoms with Gasteiger partial charge < -0.3 is 14.8 Å². The summed E-state index contributed by atoms with van der Waals surface area (Å²) in [7, 11) is 0. The molecule has 1 N–H and O–H groups in total. The molecule has 1 aromatic carbocycles. The molecule has 0 aliphatic carbocycles. The highest BCUT2D eigenvalue weighted by atomic mass is 32.1. The zero-order chi connectivity index (χ0) is 20.8. The fourth-order valence-electron chi connectivity index (χ4n) is 2.47. The normalized spacial score (nSPS) is 10.4. The summed E-state index contributed by atoms with van der Waals surface area (Å²) < 4.78 is 23.6. The second-order valence-corrected chi connectivity index (χ2v) is 7.48. The van der Waals surface area contributed by atoms with Crippen molar-refractivity contribution in [3.05, 3.63) is 64.1 Å². The van der Waals surface area contributed by atoms with Crippen LogP contribution in [0.3, 0.4) is 0 Å². The van der Waals surface area contributed by atoms with E-state index < -0.39 is 30.3 Å². The van der Waals surface area contributed by atoms with E-state index in [1.165, 1.54) is 29.5 Å². The van der Waals surface area contributed by atoms with E-state index >= 15 is 0 Å². The first kappa shape index (κ1) is 20.7. The maximum atomic E-state index is 13.6. The summed E-state index contributed by atoms with van der Waals surface area (Å²) in [5, 5.41) is 6.48. The number of anilines is 1. The predicted octanol–water partition coefficient (Wildman–Crippen LogP) is 4.59. The number of benzene rings is 1. The Morgan fingerprint density at radius 1 is 1.03 bits per heavy atom. The van der Waals surface area contributed by atoms with E-state index in [1.54, 1.807) is 12.3 Å². The van der Waals surface area contributed by atoms with Gasteiger partial charge in [-0.25, -0.2) is 14.0 Å². The highest BCUT2D eigenvalue weighted by Gasteiger charge is 2.23. The molecule has 150 valence electrons. The molecule has 0 saturated heterocycles. The highest BCUT2D eigenvalue weighted by molar-refractivity contribution is 7.17. The molecule has 9 heteroatoms. The Hall–Kier alpha value is -3.04. The maximum absolute atomic E-state index is 13.6. The molecule has 29 heavy (non-hydrogen) atoms. The summed E-state index contributed by atoms with van der Waals surface area (Å²) >= 11 is 2.62. The van der Waals surface area contributed by atoms with Gasteiger partial charge in [-0.2, -0.15) is 0 Å². The van der Waals surface area contributed by atoms with Crippen molar-refractivity contribution < 1.29 is 28.2 Å². The molecule has 2 heterocycles. The molecule has 0 saturated carbocycles. The second-order valence-electron chi connectivity index (χ2n) is 5.66. The van der Waals surface area contributed by atoms with Gasteiger partial charge in [0.1, 0.15) is 16.4 Å². The van der Waals surface area contributed by atoms with Crippen molar-refractivity contribution >= 4 is 45.5 Å². The number of hydrogen-bond donors (Lipinski definition) is 1. The van der Waals surface area contributed by atoms with E-state index in [0.29, 0.717) is 10.6 Å². The zero-order valence-electron chi connectivity index (χ0n) is 15.3. The standard InChI is InChI=1S/C20H16FNO5S2/c1-2-26-20(25)17-13(15-8-5-9-28-15)11-29-18(17)22-16(23)10-27-19(24)12-6-3-4-7-14(12)21/h3-9,11H,2,10H2,1H3,(H,22,23). The molecule has 0 fully saturated rings. The molecule has 0 radical (unpaired) electrons. The number of hydrogen-bond acceptors (Lipinski definition) is 7. The van der Waals surface area contributed by atoms with Crippen molar-refractivity contribution in [1.29, 1.82) is 0 Å². The van der Waals surface area contributed by atoms with Crippen LogP contribution in [0.4, 0.5) is 9.39 Å². The Labute approximate surface area is 173 Å². The average Bonchev–Trinajstić information content (AvgIpc) is 3.36. The van der Waals surface area contributed by atoms with Crippen molar-refractivity contribution in [1.82, 2.24) is 0 Å². The van der Waals surface area contributed by atoms with Crippen LogP contribution in [0, 0.1) is 5.82 Å².